The molecule has 3 heterocycles. The Morgan fingerprint density at radius 1 is 1.62 bits per heavy atom. The number of amides is 1. The zero-order chi connectivity index (χ0) is 14.7. The van der Waals surface area contributed by atoms with Crippen LogP contribution in [0.1, 0.15) is 36.6 Å². The monoisotopic (exact) mass is 323 g/mol. The van der Waals surface area contributed by atoms with Crippen molar-refractivity contribution in [3.05, 3.63) is 22.4 Å². The first kappa shape index (κ1) is 14.5. The number of carbonyl (C=O) groups is 1. The summed E-state index contributed by atoms with van der Waals surface area (Å²) in [5.74, 6) is 1.37. The van der Waals surface area contributed by atoms with Gasteiger partial charge in [0.15, 0.2) is 0 Å². The molecule has 0 aromatic carbocycles. The summed E-state index contributed by atoms with van der Waals surface area (Å²) in [6.45, 7) is 2.83. The minimum atomic E-state index is 0.139. The van der Waals surface area contributed by atoms with Gasteiger partial charge < -0.3 is 4.90 Å². The van der Waals surface area contributed by atoms with E-state index in [-0.39, 0.29) is 11.9 Å². The number of nitrogens with zero attached hydrogens (tertiary/aromatic N) is 4. The van der Waals surface area contributed by atoms with Crippen LogP contribution in [0.2, 0.25) is 0 Å². The SMILES string of the molecule is CCc1nc(SCC(=O)N2CCC[C@H]2c2nccs2)n[nH]1. The van der Waals surface area contributed by atoms with E-state index in [0.717, 1.165) is 36.6 Å². The number of hydrogen-bond acceptors (Lipinski definition) is 6. The van der Waals surface area contributed by atoms with Crippen LogP contribution in [0, 0.1) is 0 Å². The highest BCUT2D eigenvalue weighted by Crippen LogP contribution is 2.33. The molecule has 1 amide bonds. The van der Waals surface area contributed by atoms with Crippen LogP contribution in [0.25, 0.3) is 0 Å². The molecule has 21 heavy (non-hydrogen) atoms. The van der Waals surface area contributed by atoms with Crippen LogP contribution >= 0.6 is 23.1 Å². The topological polar surface area (TPSA) is 74.8 Å². The molecule has 0 spiro atoms. The van der Waals surface area contributed by atoms with Crippen LogP contribution in [-0.2, 0) is 11.2 Å². The van der Waals surface area contributed by atoms with Crippen LogP contribution in [-0.4, -0.2) is 43.3 Å². The number of aromatic nitrogens is 4. The molecule has 0 bridgehead atoms. The van der Waals surface area contributed by atoms with Crippen molar-refractivity contribution in [3.8, 4) is 0 Å². The summed E-state index contributed by atoms with van der Waals surface area (Å²) in [4.78, 5) is 23.0. The Kier molecular flexibility index (Phi) is 4.54. The van der Waals surface area contributed by atoms with Gasteiger partial charge in [-0.1, -0.05) is 18.7 Å². The standard InChI is InChI=1S/C13H17N5OS2/c1-2-10-15-13(17-16-10)21-8-11(19)18-6-3-4-9(18)12-14-5-7-20-12/h5,7,9H,2-4,6,8H2,1H3,(H,15,16,17)/t9-/m0/s1. The maximum Gasteiger partial charge on any atom is 0.233 e. The third-order valence-corrected chi connectivity index (χ3v) is 5.19. The highest BCUT2D eigenvalue weighted by Gasteiger charge is 2.31. The largest absolute Gasteiger partial charge is 0.332 e. The summed E-state index contributed by atoms with van der Waals surface area (Å²) in [7, 11) is 0. The lowest BCUT2D eigenvalue weighted by Crippen LogP contribution is -2.31. The van der Waals surface area contributed by atoms with E-state index >= 15 is 0 Å². The van der Waals surface area contributed by atoms with Crippen molar-refractivity contribution in [3.63, 3.8) is 0 Å². The second-order valence-corrected chi connectivity index (χ2v) is 6.69. The lowest BCUT2D eigenvalue weighted by atomic mass is 10.2. The lowest BCUT2D eigenvalue weighted by Gasteiger charge is -2.22. The van der Waals surface area contributed by atoms with Crippen molar-refractivity contribution >= 4 is 29.0 Å². The molecule has 1 N–H and O–H groups in total. The quantitative estimate of drug-likeness (QED) is 0.855. The highest BCUT2D eigenvalue weighted by atomic mass is 32.2. The third-order valence-electron chi connectivity index (χ3n) is 3.48. The number of hydrogen-bond donors (Lipinski definition) is 1. The van der Waals surface area contributed by atoms with Gasteiger partial charge in [0.1, 0.15) is 10.8 Å². The number of carbonyl (C=O) groups excluding carboxylic acids is 1. The van der Waals surface area contributed by atoms with Gasteiger partial charge in [-0.15, -0.1) is 16.4 Å². The summed E-state index contributed by atoms with van der Waals surface area (Å²) >= 11 is 3.01. The first-order valence-corrected chi connectivity index (χ1v) is 8.87. The third kappa shape index (κ3) is 3.26. The molecule has 8 heteroatoms. The first-order chi connectivity index (χ1) is 10.3. The fourth-order valence-electron chi connectivity index (χ4n) is 2.43. The molecule has 1 fully saturated rings. The van der Waals surface area contributed by atoms with Gasteiger partial charge in [0, 0.05) is 24.5 Å². The van der Waals surface area contributed by atoms with Gasteiger partial charge in [-0.3, -0.25) is 9.89 Å². The van der Waals surface area contributed by atoms with Gasteiger partial charge in [0.05, 0.1) is 11.8 Å². The van der Waals surface area contributed by atoms with E-state index in [1.165, 1.54) is 11.8 Å². The molecule has 0 radical (unpaired) electrons. The van der Waals surface area contributed by atoms with Crippen molar-refractivity contribution in [2.45, 2.75) is 37.4 Å². The average molecular weight is 323 g/mol. The zero-order valence-corrected chi connectivity index (χ0v) is 13.4. The number of aryl methyl sites for hydroxylation is 1. The lowest BCUT2D eigenvalue weighted by molar-refractivity contribution is -0.129. The van der Waals surface area contributed by atoms with Gasteiger partial charge in [-0.25, -0.2) is 9.97 Å². The van der Waals surface area contributed by atoms with Crippen molar-refractivity contribution < 1.29 is 4.79 Å². The molecular formula is C13H17N5OS2. The van der Waals surface area contributed by atoms with Crippen LogP contribution in [0.3, 0.4) is 0 Å². The van der Waals surface area contributed by atoms with Crippen molar-refractivity contribution in [2.24, 2.45) is 0 Å². The molecule has 3 rings (SSSR count). The molecule has 1 aliphatic heterocycles. The molecule has 2 aromatic heterocycles. The van der Waals surface area contributed by atoms with Crippen LogP contribution < -0.4 is 0 Å². The van der Waals surface area contributed by atoms with E-state index < -0.39 is 0 Å². The van der Waals surface area contributed by atoms with E-state index in [0.29, 0.717) is 10.9 Å². The average Bonchev–Trinajstić information content (AvgIpc) is 3.24. The first-order valence-electron chi connectivity index (χ1n) is 7.01. The van der Waals surface area contributed by atoms with Crippen LogP contribution in [0.5, 0.6) is 0 Å². The molecule has 0 unspecified atom stereocenters. The molecule has 1 aliphatic rings. The Hall–Kier alpha value is -1.41. The zero-order valence-electron chi connectivity index (χ0n) is 11.8. The van der Waals surface area contributed by atoms with Crippen molar-refractivity contribution in [1.82, 2.24) is 25.1 Å². The number of thiazole rings is 1. The van der Waals surface area contributed by atoms with Gasteiger partial charge in [-0.2, -0.15) is 0 Å². The second-order valence-electron chi connectivity index (χ2n) is 4.82. The molecule has 0 aliphatic carbocycles. The predicted molar refractivity (Wildman–Crippen MR) is 82.3 cm³/mol. The number of nitrogens with one attached hydrogen (secondary N) is 1. The summed E-state index contributed by atoms with van der Waals surface area (Å²) in [5, 5.41) is 10.6. The predicted octanol–water partition coefficient (Wildman–Crippen LogP) is 2.28. The molecular weight excluding hydrogens is 306 g/mol. The highest BCUT2D eigenvalue weighted by molar-refractivity contribution is 7.99. The van der Waals surface area contributed by atoms with Gasteiger partial charge in [0.2, 0.25) is 11.1 Å². The summed E-state index contributed by atoms with van der Waals surface area (Å²) in [5.41, 5.74) is 0. The molecule has 2 aromatic rings. The number of thioether (sulfide) groups is 1. The summed E-state index contributed by atoms with van der Waals surface area (Å²) in [6.07, 6.45) is 4.67. The molecule has 6 nitrogen and oxygen atoms in total. The Bertz CT molecular complexity index is 597. The normalized spacial score (nSPS) is 18.3. The Morgan fingerprint density at radius 2 is 2.52 bits per heavy atom. The summed E-state index contributed by atoms with van der Waals surface area (Å²) < 4.78 is 0. The maximum atomic E-state index is 12.4. The minimum absolute atomic E-state index is 0.139. The van der Waals surface area contributed by atoms with E-state index in [9.17, 15) is 4.79 Å². The second kappa shape index (κ2) is 6.57. The molecule has 1 saturated heterocycles. The molecule has 112 valence electrons. The Labute approximate surface area is 131 Å². The Balaban J connectivity index is 1.59. The maximum absolute atomic E-state index is 12.4. The van der Waals surface area contributed by atoms with Crippen LogP contribution in [0.4, 0.5) is 0 Å². The number of rotatable bonds is 5. The van der Waals surface area contributed by atoms with E-state index in [2.05, 4.69) is 20.2 Å². The minimum Gasteiger partial charge on any atom is -0.332 e. The van der Waals surface area contributed by atoms with Crippen molar-refractivity contribution in [1.29, 1.82) is 0 Å². The molecule has 1 atom stereocenters. The van der Waals surface area contributed by atoms with E-state index in [1.54, 1.807) is 17.5 Å². The number of H-pyrrole nitrogens is 1. The van der Waals surface area contributed by atoms with Crippen molar-refractivity contribution in [2.75, 3.05) is 12.3 Å². The van der Waals surface area contributed by atoms with E-state index in [4.69, 9.17) is 0 Å². The summed E-state index contributed by atoms with van der Waals surface area (Å²) in [6, 6.07) is 0.149. The fourth-order valence-corrected chi connectivity index (χ4v) is 3.92. The van der Waals surface area contributed by atoms with Crippen LogP contribution in [0.15, 0.2) is 16.7 Å². The van der Waals surface area contributed by atoms with E-state index in [1.807, 2.05) is 17.2 Å². The smallest absolute Gasteiger partial charge is 0.233 e. The van der Waals surface area contributed by atoms with Gasteiger partial charge >= 0.3 is 0 Å². The number of likely N-dealkylation sites (tertiary alicyclic amines) is 1. The van der Waals surface area contributed by atoms with Gasteiger partial charge in [0.25, 0.3) is 0 Å². The number of aromatic amines is 1. The Morgan fingerprint density at radius 3 is 3.24 bits per heavy atom. The van der Waals surface area contributed by atoms with Gasteiger partial charge in [-0.05, 0) is 12.8 Å². The fraction of sp³-hybridized carbons (Fsp3) is 0.538. The molecule has 0 saturated carbocycles.